The zero-order valence-electron chi connectivity index (χ0n) is 15.4. The van der Waals surface area contributed by atoms with Crippen molar-refractivity contribution >= 4 is 39.5 Å². The van der Waals surface area contributed by atoms with Crippen LogP contribution in [-0.4, -0.2) is 35.3 Å². The van der Waals surface area contributed by atoms with E-state index in [1.54, 1.807) is 19.1 Å². The van der Waals surface area contributed by atoms with Crippen LogP contribution in [0.5, 0.6) is 5.75 Å². The fourth-order valence-corrected chi connectivity index (χ4v) is 3.25. The highest BCUT2D eigenvalue weighted by molar-refractivity contribution is 6.83. The number of rotatable bonds is 7. The van der Waals surface area contributed by atoms with Crippen LogP contribution in [0.1, 0.15) is 21.6 Å². The number of methoxy groups -OCH3 is 1. The molecule has 0 amide bonds. The topological polar surface area (TPSA) is 74.6 Å². The molecule has 3 rings (SSSR count). The molecule has 6 nitrogen and oxygen atoms in total. The van der Waals surface area contributed by atoms with E-state index in [4.69, 9.17) is 16.3 Å². The molecule has 0 bridgehead atoms. The summed E-state index contributed by atoms with van der Waals surface area (Å²) in [7, 11) is 1.26. The van der Waals surface area contributed by atoms with E-state index in [1.807, 2.05) is 41.0 Å². The van der Waals surface area contributed by atoms with Crippen molar-refractivity contribution in [1.82, 2.24) is 4.57 Å². The Morgan fingerprint density at radius 1 is 1.04 bits per heavy atom. The number of ketones is 1. The number of fused-ring (bicyclic) bond motifs is 1. The van der Waals surface area contributed by atoms with Gasteiger partial charge in [0.2, 0.25) is 5.78 Å². The summed E-state index contributed by atoms with van der Waals surface area (Å²) in [5.74, 6) is -1.07. The molecule has 0 N–H and O–H groups in total. The molecule has 0 atom stereocenters. The summed E-state index contributed by atoms with van der Waals surface area (Å²) in [6, 6.07) is 14.9. The number of hydrogen-bond donors (Lipinski definition) is 0. The predicted octanol–water partition coefficient (Wildman–Crippen LogP) is 3.50. The zero-order chi connectivity index (χ0) is 20.3. The Morgan fingerprint density at radius 3 is 2.39 bits per heavy atom. The lowest BCUT2D eigenvalue weighted by atomic mass is 10.1. The van der Waals surface area contributed by atoms with Crippen molar-refractivity contribution in [2.45, 2.75) is 13.5 Å². The molecule has 28 heavy (non-hydrogen) atoms. The average molecular weight is 400 g/mol. The summed E-state index contributed by atoms with van der Waals surface area (Å²) < 4.78 is 12.1. The minimum atomic E-state index is -1.08. The summed E-state index contributed by atoms with van der Waals surface area (Å²) in [6.07, 6.45) is 0. The number of nitrogens with zero attached hydrogens (tertiary/aromatic N) is 1. The lowest BCUT2D eigenvalue weighted by molar-refractivity contribution is -0.142. The second kappa shape index (κ2) is 8.27. The summed E-state index contributed by atoms with van der Waals surface area (Å²) in [5, 5.41) is -0.636. The van der Waals surface area contributed by atoms with Crippen LogP contribution in [0.2, 0.25) is 0 Å². The fourth-order valence-electron chi connectivity index (χ4n) is 3.15. The van der Waals surface area contributed by atoms with Gasteiger partial charge in [-0.3, -0.25) is 9.59 Å². The average Bonchev–Trinajstić information content (AvgIpc) is 2.98. The molecule has 1 heterocycles. The lowest BCUT2D eigenvalue weighted by Crippen LogP contribution is -2.13. The van der Waals surface area contributed by atoms with Gasteiger partial charge in [-0.25, -0.2) is 4.79 Å². The van der Waals surface area contributed by atoms with Gasteiger partial charge in [0.1, 0.15) is 5.75 Å². The van der Waals surface area contributed by atoms with Gasteiger partial charge in [0, 0.05) is 12.2 Å². The maximum Gasteiger partial charge on any atom is 0.343 e. The van der Waals surface area contributed by atoms with Crippen molar-refractivity contribution in [3.63, 3.8) is 0 Å². The Kier molecular flexibility index (Phi) is 5.80. The maximum absolute atomic E-state index is 12.5. The quantitative estimate of drug-likeness (QED) is 0.263. The zero-order valence-corrected chi connectivity index (χ0v) is 16.2. The van der Waals surface area contributed by atoms with E-state index in [1.165, 1.54) is 7.11 Å². The van der Waals surface area contributed by atoms with E-state index in [0.29, 0.717) is 28.9 Å². The monoisotopic (exact) mass is 399 g/mol. The summed E-state index contributed by atoms with van der Waals surface area (Å²) in [6.45, 7) is 1.93. The Bertz CT molecular complexity index is 1060. The van der Waals surface area contributed by atoms with Crippen LogP contribution in [0.4, 0.5) is 0 Å². The van der Waals surface area contributed by atoms with Crippen LogP contribution >= 0.6 is 11.6 Å². The molecule has 0 radical (unpaired) electrons. The van der Waals surface area contributed by atoms with Gasteiger partial charge >= 0.3 is 5.97 Å². The van der Waals surface area contributed by atoms with Crippen LogP contribution in [0, 0.1) is 6.92 Å². The van der Waals surface area contributed by atoms with Crippen LogP contribution in [-0.2, 0) is 20.9 Å². The van der Waals surface area contributed by atoms with Crippen LogP contribution < -0.4 is 4.74 Å². The molecular formula is C21H18ClNO5. The van der Waals surface area contributed by atoms with Gasteiger partial charge in [-0.15, -0.1) is 0 Å². The molecule has 0 saturated carbocycles. The Balaban J connectivity index is 2.19. The highest BCUT2D eigenvalue weighted by Crippen LogP contribution is 2.35. The van der Waals surface area contributed by atoms with Gasteiger partial charge in [0.25, 0.3) is 5.24 Å². The van der Waals surface area contributed by atoms with E-state index in [9.17, 15) is 14.4 Å². The molecule has 1 aromatic heterocycles. The van der Waals surface area contributed by atoms with Crippen molar-refractivity contribution in [1.29, 1.82) is 0 Å². The second-order valence-corrected chi connectivity index (χ2v) is 6.49. The SMILES string of the molecule is COC(=O)COc1cccc2c1c(C(=O)C(=O)Cl)c(C)n2Cc1ccccc1. The van der Waals surface area contributed by atoms with E-state index < -0.39 is 17.0 Å². The van der Waals surface area contributed by atoms with Gasteiger partial charge in [-0.1, -0.05) is 36.4 Å². The molecule has 0 saturated heterocycles. The first-order valence-electron chi connectivity index (χ1n) is 8.53. The molecule has 0 aliphatic carbocycles. The van der Waals surface area contributed by atoms with Crippen LogP contribution in [0.3, 0.4) is 0 Å². The summed E-state index contributed by atoms with van der Waals surface area (Å²) in [5.41, 5.74) is 2.49. The number of aromatic nitrogens is 1. The number of esters is 1. The Hall–Kier alpha value is -3.12. The number of Topliss-reactive ketones (excluding diaryl/α,β-unsaturated/α-hetero) is 1. The van der Waals surface area contributed by atoms with Crippen LogP contribution in [0.25, 0.3) is 10.9 Å². The maximum atomic E-state index is 12.5. The second-order valence-electron chi connectivity index (χ2n) is 6.15. The molecule has 7 heteroatoms. The molecule has 0 spiro atoms. The molecular weight excluding hydrogens is 382 g/mol. The van der Waals surface area contributed by atoms with Gasteiger partial charge in [-0.2, -0.15) is 0 Å². The third-order valence-corrected chi connectivity index (χ3v) is 4.65. The largest absolute Gasteiger partial charge is 0.481 e. The smallest absolute Gasteiger partial charge is 0.343 e. The number of halogens is 1. The van der Waals surface area contributed by atoms with Crippen molar-refractivity contribution in [2.75, 3.05) is 13.7 Å². The molecule has 3 aromatic rings. The fraction of sp³-hybridized carbons (Fsp3) is 0.190. The third kappa shape index (κ3) is 3.77. The third-order valence-electron chi connectivity index (χ3n) is 4.47. The van der Waals surface area contributed by atoms with Crippen molar-refractivity contribution < 1.29 is 23.9 Å². The van der Waals surface area contributed by atoms with E-state index >= 15 is 0 Å². The number of ether oxygens (including phenoxy) is 2. The van der Waals surface area contributed by atoms with Crippen LogP contribution in [0.15, 0.2) is 48.5 Å². The Morgan fingerprint density at radius 2 is 1.75 bits per heavy atom. The predicted molar refractivity (Wildman–Crippen MR) is 105 cm³/mol. The van der Waals surface area contributed by atoms with Gasteiger partial charge in [0.15, 0.2) is 6.61 Å². The number of hydrogen-bond acceptors (Lipinski definition) is 5. The standard InChI is InChI=1S/C21H18ClNO5/c1-13-18(20(25)21(22)26)19-15(23(13)11-14-7-4-3-5-8-14)9-6-10-16(19)28-12-17(24)27-2/h3-10H,11-12H2,1-2H3. The first-order valence-corrected chi connectivity index (χ1v) is 8.91. The molecule has 144 valence electrons. The highest BCUT2D eigenvalue weighted by atomic mass is 35.5. The first kappa shape index (κ1) is 19.6. The number of benzene rings is 2. The minimum absolute atomic E-state index is 0.173. The lowest BCUT2D eigenvalue weighted by Gasteiger charge is -2.09. The highest BCUT2D eigenvalue weighted by Gasteiger charge is 2.26. The number of carbonyl (C=O) groups excluding carboxylic acids is 3. The molecule has 0 fully saturated rings. The number of carbonyl (C=O) groups is 3. The molecule has 2 aromatic carbocycles. The molecule has 0 unspecified atom stereocenters. The molecule has 0 aliphatic rings. The summed E-state index contributed by atoms with van der Waals surface area (Å²) in [4.78, 5) is 35.6. The minimum Gasteiger partial charge on any atom is -0.481 e. The van der Waals surface area contributed by atoms with Crippen molar-refractivity contribution in [3.05, 3.63) is 65.4 Å². The van der Waals surface area contributed by atoms with Gasteiger partial charge < -0.3 is 14.0 Å². The van der Waals surface area contributed by atoms with Crippen molar-refractivity contribution in [2.24, 2.45) is 0 Å². The van der Waals surface area contributed by atoms with E-state index in [0.717, 1.165) is 5.56 Å². The first-order chi connectivity index (χ1) is 13.4. The van der Waals surface area contributed by atoms with Gasteiger partial charge in [-0.05, 0) is 36.2 Å². The normalized spacial score (nSPS) is 10.7. The van der Waals surface area contributed by atoms with Gasteiger partial charge in [0.05, 0.1) is 23.6 Å². The van der Waals surface area contributed by atoms with E-state index in [2.05, 4.69) is 4.74 Å². The van der Waals surface area contributed by atoms with E-state index in [-0.39, 0.29) is 12.2 Å². The van der Waals surface area contributed by atoms with Crippen molar-refractivity contribution in [3.8, 4) is 5.75 Å². The molecule has 0 aliphatic heterocycles. The summed E-state index contributed by atoms with van der Waals surface area (Å²) >= 11 is 5.49. The Labute approximate surface area is 166 Å².